The van der Waals surface area contributed by atoms with Gasteiger partial charge in [-0.3, -0.25) is 4.79 Å². The molecular formula is C14H22N2O5S. The standard InChI is InChI=1S/C14H22N2O5S/c1-4-5-8-6-10(17)15-14(22-3)16(8)7-9-11(18)12(19)13(20-2)21-9/h6,9,11-13,18-19H,4-5,7H2,1-3H3/t9-,11-,12-,13-/m1/s1. The van der Waals surface area contributed by atoms with Gasteiger partial charge in [0, 0.05) is 18.9 Å². The lowest BCUT2D eigenvalue weighted by atomic mass is 10.1. The first-order chi connectivity index (χ1) is 10.5. The number of methoxy groups -OCH3 is 1. The number of rotatable bonds is 6. The summed E-state index contributed by atoms with van der Waals surface area (Å²) in [7, 11) is 1.42. The van der Waals surface area contributed by atoms with E-state index in [2.05, 4.69) is 4.98 Å². The number of ether oxygens (including phenoxy) is 2. The minimum atomic E-state index is -1.09. The Morgan fingerprint density at radius 3 is 2.73 bits per heavy atom. The smallest absolute Gasteiger partial charge is 0.273 e. The molecule has 1 aromatic heterocycles. The lowest BCUT2D eigenvalue weighted by Crippen LogP contribution is -2.35. The predicted molar refractivity (Wildman–Crippen MR) is 82.0 cm³/mol. The SMILES string of the molecule is CCCc1cc(=O)nc(SC)n1C[C@H]1O[C@@H](OC)[C@H](O)[C@@H]1O. The van der Waals surface area contributed by atoms with Crippen LogP contribution in [0.2, 0.25) is 0 Å². The van der Waals surface area contributed by atoms with Crippen LogP contribution in [0.15, 0.2) is 16.0 Å². The molecule has 124 valence electrons. The zero-order chi connectivity index (χ0) is 16.3. The van der Waals surface area contributed by atoms with Gasteiger partial charge in [-0.2, -0.15) is 4.98 Å². The average molecular weight is 330 g/mol. The fourth-order valence-electron chi connectivity index (χ4n) is 2.58. The van der Waals surface area contributed by atoms with Crippen LogP contribution in [0.5, 0.6) is 0 Å². The number of nitrogens with zero attached hydrogens (tertiary/aromatic N) is 2. The van der Waals surface area contributed by atoms with Crippen molar-refractivity contribution in [3.63, 3.8) is 0 Å². The van der Waals surface area contributed by atoms with Crippen LogP contribution >= 0.6 is 11.8 Å². The minimum absolute atomic E-state index is 0.272. The van der Waals surface area contributed by atoms with Gasteiger partial charge in [-0.1, -0.05) is 25.1 Å². The van der Waals surface area contributed by atoms with Gasteiger partial charge in [-0.05, 0) is 12.7 Å². The zero-order valence-corrected chi connectivity index (χ0v) is 13.7. The first kappa shape index (κ1) is 17.4. The van der Waals surface area contributed by atoms with E-state index in [0.29, 0.717) is 11.7 Å². The molecule has 4 atom stereocenters. The molecule has 0 radical (unpaired) electrons. The molecule has 0 spiro atoms. The van der Waals surface area contributed by atoms with Gasteiger partial charge in [0.2, 0.25) is 0 Å². The normalized spacial score (nSPS) is 28.2. The van der Waals surface area contributed by atoms with Crippen LogP contribution in [0.1, 0.15) is 19.0 Å². The summed E-state index contributed by atoms with van der Waals surface area (Å²) < 4.78 is 12.4. The predicted octanol–water partition coefficient (Wildman–Crippen LogP) is 0.0108. The van der Waals surface area contributed by atoms with Crippen molar-refractivity contribution < 1.29 is 19.7 Å². The Morgan fingerprint density at radius 1 is 1.45 bits per heavy atom. The number of hydrogen-bond acceptors (Lipinski definition) is 7. The van der Waals surface area contributed by atoms with Gasteiger partial charge >= 0.3 is 0 Å². The largest absolute Gasteiger partial charge is 0.387 e. The van der Waals surface area contributed by atoms with Gasteiger partial charge in [-0.15, -0.1) is 0 Å². The van der Waals surface area contributed by atoms with Gasteiger partial charge in [0.15, 0.2) is 11.4 Å². The van der Waals surface area contributed by atoms with Crippen LogP contribution in [0, 0.1) is 0 Å². The molecule has 1 saturated heterocycles. The molecule has 0 unspecified atom stereocenters. The van der Waals surface area contributed by atoms with Crippen molar-refractivity contribution in [2.24, 2.45) is 0 Å². The Labute approximate surface area is 133 Å². The van der Waals surface area contributed by atoms with Crippen molar-refractivity contribution in [3.05, 3.63) is 22.1 Å². The minimum Gasteiger partial charge on any atom is -0.387 e. The molecular weight excluding hydrogens is 308 g/mol. The molecule has 8 heteroatoms. The van der Waals surface area contributed by atoms with Crippen molar-refractivity contribution >= 4 is 11.8 Å². The molecule has 0 bridgehead atoms. The number of hydrogen-bond donors (Lipinski definition) is 2. The van der Waals surface area contributed by atoms with Crippen LogP contribution < -0.4 is 5.56 Å². The molecule has 0 aromatic carbocycles. The van der Waals surface area contributed by atoms with Gasteiger partial charge < -0.3 is 24.3 Å². The second-order valence-electron chi connectivity index (χ2n) is 5.19. The highest BCUT2D eigenvalue weighted by Crippen LogP contribution is 2.25. The van der Waals surface area contributed by atoms with Gasteiger partial charge in [0.1, 0.15) is 18.3 Å². The fourth-order valence-corrected chi connectivity index (χ4v) is 3.18. The number of thioether (sulfide) groups is 1. The summed E-state index contributed by atoms with van der Waals surface area (Å²) >= 11 is 1.36. The molecule has 1 aromatic rings. The summed E-state index contributed by atoms with van der Waals surface area (Å²) in [5.41, 5.74) is 0.574. The van der Waals surface area contributed by atoms with E-state index in [-0.39, 0.29) is 5.56 Å². The van der Waals surface area contributed by atoms with E-state index in [1.165, 1.54) is 24.9 Å². The molecule has 0 saturated carbocycles. The van der Waals surface area contributed by atoms with E-state index in [4.69, 9.17) is 9.47 Å². The molecule has 2 N–H and O–H groups in total. The molecule has 1 fully saturated rings. The van der Waals surface area contributed by atoms with Crippen molar-refractivity contribution in [1.82, 2.24) is 9.55 Å². The third-order valence-corrected chi connectivity index (χ3v) is 4.35. The van der Waals surface area contributed by atoms with Crippen LogP contribution in [0.3, 0.4) is 0 Å². The maximum absolute atomic E-state index is 11.7. The van der Waals surface area contributed by atoms with Gasteiger partial charge in [0.25, 0.3) is 5.56 Å². The van der Waals surface area contributed by atoms with E-state index < -0.39 is 24.6 Å². The van der Waals surface area contributed by atoms with Crippen LogP contribution in [0.25, 0.3) is 0 Å². The molecule has 0 aliphatic carbocycles. The van der Waals surface area contributed by atoms with Gasteiger partial charge in [0.05, 0.1) is 6.54 Å². The fraction of sp³-hybridized carbons (Fsp3) is 0.714. The first-order valence-electron chi connectivity index (χ1n) is 7.21. The zero-order valence-electron chi connectivity index (χ0n) is 12.9. The van der Waals surface area contributed by atoms with Crippen LogP contribution in [-0.4, -0.2) is 57.7 Å². The molecule has 7 nitrogen and oxygen atoms in total. The molecule has 0 amide bonds. The summed E-state index contributed by atoms with van der Waals surface area (Å²) in [4.78, 5) is 15.7. The Bertz CT molecular complexity index is 565. The number of aromatic nitrogens is 2. The maximum Gasteiger partial charge on any atom is 0.273 e. The Morgan fingerprint density at radius 2 is 2.18 bits per heavy atom. The van der Waals surface area contributed by atoms with Crippen LogP contribution in [-0.2, 0) is 22.4 Å². The quantitative estimate of drug-likeness (QED) is 0.560. The Hall–Kier alpha value is -0.930. The maximum atomic E-state index is 11.7. The molecule has 1 aliphatic heterocycles. The van der Waals surface area contributed by atoms with E-state index in [1.807, 2.05) is 17.7 Å². The van der Waals surface area contributed by atoms with Gasteiger partial charge in [-0.25, -0.2) is 0 Å². The highest BCUT2D eigenvalue weighted by molar-refractivity contribution is 7.98. The topological polar surface area (TPSA) is 93.8 Å². The first-order valence-corrected chi connectivity index (χ1v) is 8.43. The monoisotopic (exact) mass is 330 g/mol. The van der Waals surface area contributed by atoms with Crippen LogP contribution in [0.4, 0.5) is 0 Å². The third kappa shape index (κ3) is 3.52. The van der Waals surface area contributed by atoms with E-state index in [9.17, 15) is 15.0 Å². The van der Waals surface area contributed by atoms with E-state index >= 15 is 0 Å². The second-order valence-corrected chi connectivity index (χ2v) is 5.97. The highest BCUT2D eigenvalue weighted by Gasteiger charge is 2.43. The van der Waals surface area contributed by atoms with Crippen molar-refractivity contribution in [3.8, 4) is 0 Å². The molecule has 2 rings (SSSR count). The van der Waals surface area contributed by atoms with Crippen molar-refractivity contribution in [2.75, 3.05) is 13.4 Å². The summed E-state index contributed by atoms with van der Waals surface area (Å²) in [5, 5.41) is 20.5. The summed E-state index contributed by atoms with van der Waals surface area (Å²) in [5.74, 6) is 0. The lowest BCUT2D eigenvalue weighted by molar-refractivity contribution is -0.150. The highest BCUT2D eigenvalue weighted by atomic mass is 32.2. The molecule has 2 heterocycles. The Balaban J connectivity index is 2.30. The Kier molecular flexibility index (Phi) is 5.99. The summed E-state index contributed by atoms with van der Waals surface area (Å²) in [6, 6.07) is 1.51. The number of aliphatic hydroxyl groups is 2. The summed E-state index contributed by atoms with van der Waals surface area (Å²) in [6.07, 6.45) is -0.153. The summed E-state index contributed by atoms with van der Waals surface area (Å²) in [6.45, 7) is 2.33. The third-order valence-electron chi connectivity index (χ3n) is 3.68. The number of aliphatic hydroxyl groups excluding tert-OH is 2. The van der Waals surface area contributed by atoms with Crippen molar-refractivity contribution in [1.29, 1.82) is 0 Å². The lowest BCUT2D eigenvalue weighted by Gasteiger charge is -2.21. The number of aryl methyl sites for hydroxylation is 1. The van der Waals surface area contributed by atoms with E-state index in [1.54, 1.807) is 0 Å². The van der Waals surface area contributed by atoms with Crippen molar-refractivity contribution in [2.45, 2.75) is 56.1 Å². The molecule has 1 aliphatic rings. The molecule has 22 heavy (non-hydrogen) atoms. The second kappa shape index (κ2) is 7.56. The van der Waals surface area contributed by atoms with E-state index in [0.717, 1.165) is 18.5 Å². The average Bonchev–Trinajstić information content (AvgIpc) is 2.77.